The van der Waals surface area contributed by atoms with Crippen molar-refractivity contribution in [3.8, 4) is 5.75 Å². The second kappa shape index (κ2) is 13.0. The van der Waals surface area contributed by atoms with Gasteiger partial charge >= 0.3 is 11.9 Å². The number of hydrogen-bond acceptors (Lipinski definition) is 8. The molecule has 0 bridgehead atoms. The van der Waals surface area contributed by atoms with Gasteiger partial charge < -0.3 is 42.1 Å². The molecule has 0 aliphatic heterocycles. The summed E-state index contributed by atoms with van der Waals surface area (Å²) in [7, 11) is 0. The van der Waals surface area contributed by atoms with Crippen molar-refractivity contribution in [2.45, 2.75) is 50.4 Å². The van der Waals surface area contributed by atoms with Crippen molar-refractivity contribution < 1.29 is 44.4 Å². The Hall–Kier alpha value is -3.71. The van der Waals surface area contributed by atoms with Crippen LogP contribution in [-0.2, 0) is 30.4 Å². The van der Waals surface area contributed by atoms with Gasteiger partial charge in [0.2, 0.25) is 17.7 Å². The summed E-state index contributed by atoms with van der Waals surface area (Å²) in [6.07, 6.45) is -2.41. The average molecular weight is 468 g/mol. The highest BCUT2D eigenvalue weighted by Gasteiger charge is 2.31. The van der Waals surface area contributed by atoms with Gasteiger partial charge in [0.25, 0.3) is 0 Å². The number of carboxylic acids is 2. The summed E-state index contributed by atoms with van der Waals surface area (Å²) in [6, 6.07) is 1.41. The van der Waals surface area contributed by atoms with Crippen LogP contribution < -0.4 is 21.7 Å². The Labute approximate surface area is 189 Å². The minimum absolute atomic E-state index is 0.0118. The molecule has 3 amide bonds. The number of carboxylic acid groups (broad SMARTS) is 2. The quantitative estimate of drug-likeness (QED) is 0.154. The Morgan fingerprint density at radius 1 is 0.939 bits per heavy atom. The molecule has 1 rings (SSSR count). The summed E-state index contributed by atoms with van der Waals surface area (Å²) >= 11 is 0. The third-order valence-electron chi connectivity index (χ3n) is 4.54. The van der Waals surface area contributed by atoms with Crippen LogP contribution in [0.2, 0.25) is 0 Å². The van der Waals surface area contributed by atoms with E-state index < -0.39 is 66.9 Å². The molecule has 0 saturated heterocycles. The normalized spacial score (nSPS) is 14.3. The van der Waals surface area contributed by atoms with Crippen molar-refractivity contribution in [3.05, 3.63) is 29.8 Å². The number of aliphatic hydroxyl groups excluding tert-OH is 1. The molecule has 4 atom stereocenters. The second-order valence-electron chi connectivity index (χ2n) is 7.25. The lowest BCUT2D eigenvalue weighted by molar-refractivity contribution is -0.145. The first-order valence-electron chi connectivity index (χ1n) is 9.95. The van der Waals surface area contributed by atoms with E-state index in [-0.39, 0.29) is 18.6 Å². The topological polar surface area (TPSA) is 228 Å². The van der Waals surface area contributed by atoms with Gasteiger partial charge in [-0.25, -0.2) is 4.79 Å². The maximum atomic E-state index is 12.9. The largest absolute Gasteiger partial charge is 0.508 e. The first kappa shape index (κ1) is 27.3. The summed E-state index contributed by atoms with van der Waals surface area (Å²) < 4.78 is 0. The van der Waals surface area contributed by atoms with E-state index in [2.05, 4.69) is 16.0 Å². The standard InChI is InChI=1S/C20H28N4O9/c1-10(25)17(20(32)33)24-18(30)13(6-7-16(28)29)23-19(31)14(22-15(27)9-21)8-11-2-4-12(26)5-3-11/h2-5,10,13-14,17,25-26H,6-9,21H2,1H3,(H,22,27)(H,23,31)(H,24,30)(H,28,29)(H,32,33). The molecular weight excluding hydrogens is 440 g/mol. The fourth-order valence-corrected chi connectivity index (χ4v) is 2.78. The number of aliphatic hydroxyl groups is 1. The molecule has 13 heteroatoms. The third kappa shape index (κ3) is 9.53. The molecule has 13 nitrogen and oxygen atoms in total. The van der Waals surface area contributed by atoms with Crippen LogP contribution in [0.4, 0.5) is 0 Å². The molecule has 0 aromatic heterocycles. The van der Waals surface area contributed by atoms with Gasteiger partial charge in [0.15, 0.2) is 6.04 Å². The number of nitrogens with one attached hydrogen (secondary N) is 3. The van der Waals surface area contributed by atoms with Gasteiger partial charge in [-0.1, -0.05) is 12.1 Å². The highest BCUT2D eigenvalue weighted by molar-refractivity contribution is 5.94. The number of aliphatic carboxylic acids is 2. The molecule has 1 aromatic rings. The summed E-state index contributed by atoms with van der Waals surface area (Å²) in [4.78, 5) is 59.5. The number of nitrogens with two attached hydrogens (primary N) is 1. The number of aromatic hydroxyl groups is 1. The van der Waals surface area contributed by atoms with E-state index >= 15 is 0 Å². The molecule has 0 saturated carbocycles. The Morgan fingerprint density at radius 3 is 2.00 bits per heavy atom. The zero-order chi connectivity index (χ0) is 25.1. The van der Waals surface area contributed by atoms with Crippen molar-refractivity contribution >= 4 is 29.7 Å². The van der Waals surface area contributed by atoms with Gasteiger partial charge in [0, 0.05) is 12.8 Å². The Bertz CT molecular complexity index is 858. The minimum atomic E-state index is -1.69. The first-order chi connectivity index (χ1) is 15.4. The Kier molecular flexibility index (Phi) is 10.7. The SMILES string of the molecule is CC(O)C(NC(=O)C(CCC(=O)O)NC(=O)C(Cc1ccc(O)cc1)NC(=O)CN)C(=O)O. The predicted molar refractivity (Wildman–Crippen MR) is 113 cm³/mol. The monoisotopic (exact) mass is 468 g/mol. The molecule has 0 fully saturated rings. The van der Waals surface area contributed by atoms with Gasteiger partial charge in [0.1, 0.15) is 17.8 Å². The lowest BCUT2D eigenvalue weighted by Crippen LogP contribution is -2.58. The van der Waals surface area contributed by atoms with Crippen LogP contribution in [0.3, 0.4) is 0 Å². The number of benzene rings is 1. The summed E-state index contributed by atoms with van der Waals surface area (Å²) in [5, 5.41) is 43.8. The summed E-state index contributed by atoms with van der Waals surface area (Å²) in [5.41, 5.74) is 5.84. The zero-order valence-electron chi connectivity index (χ0n) is 17.9. The van der Waals surface area contributed by atoms with Crippen molar-refractivity contribution in [3.63, 3.8) is 0 Å². The average Bonchev–Trinajstić information content (AvgIpc) is 2.74. The van der Waals surface area contributed by atoms with Crippen LogP contribution in [0.15, 0.2) is 24.3 Å². The molecule has 0 heterocycles. The molecule has 182 valence electrons. The van der Waals surface area contributed by atoms with E-state index in [1.165, 1.54) is 24.3 Å². The minimum Gasteiger partial charge on any atom is -0.508 e. The van der Waals surface area contributed by atoms with Crippen molar-refractivity contribution in [2.24, 2.45) is 5.73 Å². The van der Waals surface area contributed by atoms with E-state index in [1.807, 2.05) is 0 Å². The predicted octanol–water partition coefficient (Wildman–Crippen LogP) is -2.32. The van der Waals surface area contributed by atoms with Gasteiger partial charge in [-0.15, -0.1) is 0 Å². The molecule has 0 spiro atoms. The van der Waals surface area contributed by atoms with E-state index in [0.29, 0.717) is 5.56 Å². The fourth-order valence-electron chi connectivity index (χ4n) is 2.78. The maximum absolute atomic E-state index is 12.9. The fraction of sp³-hybridized carbons (Fsp3) is 0.450. The molecule has 9 N–H and O–H groups in total. The zero-order valence-corrected chi connectivity index (χ0v) is 17.9. The maximum Gasteiger partial charge on any atom is 0.328 e. The Morgan fingerprint density at radius 2 is 1.52 bits per heavy atom. The molecular formula is C20H28N4O9. The number of phenolic OH excluding ortho intramolecular Hbond substituents is 1. The smallest absolute Gasteiger partial charge is 0.328 e. The Balaban J connectivity index is 3.07. The van der Waals surface area contributed by atoms with Gasteiger partial charge in [-0.2, -0.15) is 0 Å². The lowest BCUT2D eigenvalue weighted by atomic mass is 10.0. The van der Waals surface area contributed by atoms with Gasteiger partial charge in [-0.05, 0) is 31.0 Å². The number of carbonyl (C=O) groups is 5. The molecule has 0 aliphatic carbocycles. The highest BCUT2D eigenvalue weighted by Crippen LogP contribution is 2.12. The first-order valence-corrected chi connectivity index (χ1v) is 9.95. The van der Waals surface area contributed by atoms with Crippen molar-refractivity contribution in [1.29, 1.82) is 0 Å². The van der Waals surface area contributed by atoms with Crippen LogP contribution >= 0.6 is 0 Å². The number of amides is 3. The van der Waals surface area contributed by atoms with Crippen LogP contribution in [0, 0.1) is 0 Å². The molecule has 0 aliphatic rings. The van der Waals surface area contributed by atoms with Gasteiger partial charge in [0.05, 0.1) is 12.6 Å². The lowest BCUT2D eigenvalue weighted by Gasteiger charge is -2.25. The van der Waals surface area contributed by atoms with Crippen LogP contribution in [0.25, 0.3) is 0 Å². The van der Waals surface area contributed by atoms with E-state index in [9.17, 15) is 34.2 Å². The van der Waals surface area contributed by atoms with Crippen LogP contribution in [0.5, 0.6) is 5.75 Å². The highest BCUT2D eigenvalue weighted by atomic mass is 16.4. The third-order valence-corrected chi connectivity index (χ3v) is 4.54. The number of phenols is 1. The van der Waals surface area contributed by atoms with E-state index in [4.69, 9.17) is 15.9 Å². The second-order valence-corrected chi connectivity index (χ2v) is 7.25. The molecule has 1 aromatic carbocycles. The van der Waals surface area contributed by atoms with Crippen molar-refractivity contribution in [1.82, 2.24) is 16.0 Å². The van der Waals surface area contributed by atoms with Crippen molar-refractivity contribution in [2.75, 3.05) is 6.54 Å². The summed E-state index contributed by atoms with van der Waals surface area (Å²) in [6.45, 7) is 0.719. The van der Waals surface area contributed by atoms with E-state index in [1.54, 1.807) is 0 Å². The number of hydrogen-bond donors (Lipinski definition) is 8. The van der Waals surface area contributed by atoms with Crippen LogP contribution in [-0.4, -0.2) is 80.9 Å². The molecule has 0 radical (unpaired) electrons. The van der Waals surface area contributed by atoms with Crippen LogP contribution in [0.1, 0.15) is 25.3 Å². The molecule has 4 unspecified atom stereocenters. The number of rotatable bonds is 13. The number of carbonyl (C=O) groups excluding carboxylic acids is 3. The summed E-state index contributed by atoms with van der Waals surface area (Å²) in [5.74, 6) is -5.33. The van der Waals surface area contributed by atoms with Gasteiger partial charge in [-0.3, -0.25) is 19.2 Å². The molecule has 33 heavy (non-hydrogen) atoms. The van der Waals surface area contributed by atoms with E-state index in [0.717, 1.165) is 6.92 Å².